The molecule has 2 aromatic carbocycles. The molecule has 0 amide bonds. The third kappa shape index (κ3) is 3.20. The molecule has 0 bridgehead atoms. The van der Waals surface area contributed by atoms with E-state index in [2.05, 4.69) is 15.9 Å². The summed E-state index contributed by atoms with van der Waals surface area (Å²) in [6.07, 6.45) is -2.73. The molecule has 0 radical (unpaired) electrons. The SMILES string of the molecule is Nc1ccc(Oc2cc(F)ccc2Br)c(C(F)F)c1. The van der Waals surface area contributed by atoms with E-state index in [1.807, 2.05) is 0 Å². The molecular formula is C13H9BrF3NO. The lowest BCUT2D eigenvalue weighted by atomic mass is 10.2. The number of hydrogen-bond donors (Lipinski definition) is 1. The second-order valence-electron chi connectivity index (χ2n) is 3.77. The fourth-order valence-corrected chi connectivity index (χ4v) is 1.83. The third-order valence-electron chi connectivity index (χ3n) is 2.38. The molecule has 19 heavy (non-hydrogen) atoms. The number of alkyl halides is 2. The molecule has 0 saturated heterocycles. The third-order valence-corrected chi connectivity index (χ3v) is 3.04. The van der Waals surface area contributed by atoms with E-state index in [-0.39, 0.29) is 22.7 Å². The molecule has 2 rings (SSSR count). The number of benzene rings is 2. The summed E-state index contributed by atoms with van der Waals surface area (Å²) in [6, 6.07) is 7.67. The highest BCUT2D eigenvalue weighted by molar-refractivity contribution is 9.10. The topological polar surface area (TPSA) is 35.2 Å². The summed E-state index contributed by atoms with van der Waals surface area (Å²) in [7, 11) is 0. The van der Waals surface area contributed by atoms with Gasteiger partial charge in [-0.25, -0.2) is 13.2 Å². The maximum atomic E-state index is 13.1. The Bertz CT molecular complexity index is 604. The van der Waals surface area contributed by atoms with Crippen molar-refractivity contribution in [1.29, 1.82) is 0 Å². The van der Waals surface area contributed by atoms with E-state index in [1.165, 1.54) is 24.3 Å². The Morgan fingerprint density at radius 3 is 2.47 bits per heavy atom. The van der Waals surface area contributed by atoms with E-state index in [4.69, 9.17) is 10.5 Å². The normalized spacial score (nSPS) is 10.8. The quantitative estimate of drug-likeness (QED) is 0.812. The van der Waals surface area contributed by atoms with E-state index >= 15 is 0 Å². The van der Waals surface area contributed by atoms with Crippen molar-refractivity contribution in [1.82, 2.24) is 0 Å². The first-order valence-corrected chi connectivity index (χ1v) is 6.07. The summed E-state index contributed by atoms with van der Waals surface area (Å²) in [5.41, 5.74) is 5.33. The highest BCUT2D eigenvalue weighted by Gasteiger charge is 2.16. The second-order valence-corrected chi connectivity index (χ2v) is 4.63. The molecule has 2 N–H and O–H groups in total. The van der Waals surface area contributed by atoms with Crippen molar-refractivity contribution in [2.45, 2.75) is 6.43 Å². The lowest BCUT2D eigenvalue weighted by Gasteiger charge is -2.12. The van der Waals surface area contributed by atoms with E-state index < -0.39 is 12.2 Å². The zero-order chi connectivity index (χ0) is 14.0. The van der Waals surface area contributed by atoms with Crippen LogP contribution in [0.2, 0.25) is 0 Å². The lowest BCUT2D eigenvalue weighted by molar-refractivity contribution is 0.148. The molecule has 100 valence electrons. The van der Waals surface area contributed by atoms with Gasteiger partial charge < -0.3 is 10.5 Å². The Morgan fingerprint density at radius 1 is 1.05 bits per heavy atom. The average molecular weight is 332 g/mol. The van der Waals surface area contributed by atoms with Crippen LogP contribution < -0.4 is 10.5 Å². The van der Waals surface area contributed by atoms with Gasteiger partial charge in [0.2, 0.25) is 0 Å². The molecular weight excluding hydrogens is 323 g/mol. The number of halogens is 4. The van der Waals surface area contributed by atoms with Gasteiger partial charge in [0.05, 0.1) is 10.0 Å². The Labute approximate surface area is 116 Å². The molecule has 0 spiro atoms. The van der Waals surface area contributed by atoms with Gasteiger partial charge in [0.1, 0.15) is 17.3 Å². The molecule has 2 nitrogen and oxygen atoms in total. The minimum absolute atomic E-state index is 0.0597. The molecule has 0 unspecified atom stereocenters. The van der Waals surface area contributed by atoms with Crippen LogP contribution in [0.4, 0.5) is 18.9 Å². The van der Waals surface area contributed by atoms with E-state index in [0.29, 0.717) is 4.47 Å². The number of anilines is 1. The van der Waals surface area contributed by atoms with Crippen molar-refractivity contribution in [3.05, 3.63) is 52.3 Å². The molecule has 0 fully saturated rings. The summed E-state index contributed by atoms with van der Waals surface area (Å²) < 4.78 is 44.6. The van der Waals surface area contributed by atoms with E-state index in [0.717, 1.165) is 12.1 Å². The van der Waals surface area contributed by atoms with Crippen molar-refractivity contribution in [2.24, 2.45) is 0 Å². The van der Waals surface area contributed by atoms with Crippen LogP contribution in [0.25, 0.3) is 0 Å². The van der Waals surface area contributed by atoms with Crippen LogP contribution in [0.3, 0.4) is 0 Å². The van der Waals surface area contributed by atoms with Crippen LogP contribution in [0, 0.1) is 5.82 Å². The van der Waals surface area contributed by atoms with Gasteiger partial charge in [-0.1, -0.05) is 0 Å². The van der Waals surface area contributed by atoms with Gasteiger partial charge in [-0.3, -0.25) is 0 Å². The molecule has 6 heteroatoms. The molecule has 0 aliphatic rings. The number of nitrogen functional groups attached to an aromatic ring is 1. The maximum Gasteiger partial charge on any atom is 0.267 e. The summed E-state index contributed by atoms with van der Waals surface area (Å²) in [4.78, 5) is 0. The first kappa shape index (κ1) is 13.7. The molecule has 0 aliphatic heterocycles. The summed E-state index contributed by atoms with van der Waals surface area (Å²) in [6.45, 7) is 0. The van der Waals surface area contributed by atoms with Crippen molar-refractivity contribution >= 4 is 21.6 Å². The van der Waals surface area contributed by atoms with Gasteiger partial charge in [-0.2, -0.15) is 0 Å². The van der Waals surface area contributed by atoms with Gasteiger partial charge in [0.15, 0.2) is 0 Å². The minimum Gasteiger partial charge on any atom is -0.456 e. The van der Waals surface area contributed by atoms with Gasteiger partial charge >= 0.3 is 0 Å². The van der Waals surface area contributed by atoms with Crippen molar-refractivity contribution in [3.8, 4) is 11.5 Å². The lowest BCUT2D eigenvalue weighted by Crippen LogP contribution is -1.95. The van der Waals surface area contributed by atoms with Gasteiger partial charge in [-0.05, 0) is 46.3 Å². The Balaban J connectivity index is 2.40. The summed E-state index contributed by atoms with van der Waals surface area (Å²) >= 11 is 3.16. The molecule has 0 aromatic heterocycles. The molecule has 0 heterocycles. The number of ether oxygens (including phenoxy) is 1. The highest BCUT2D eigenvalue weighted by atomic mass is 79.9. The van der Waals surface area contributed by atoms with Crippen molar-refractivity contribution in [2.75, 3.05) is 5.73 Å². The monoisotopic (exact) mass is 331 g/mol. The van der Waals surface area contributed by atoms with E-state index in [1.54, 1.807) is 0 Å². The number of rotatable bonds is 3. The fraction of sp³-hybridized carbons (Fsp3) is 0.0769. The maximum absolute atomic E-state index is 13.1. The van der Waals surface area contributed by atoms with Crippen LogP contribution in [-0.2, 0) is 0 Å². The Morgan fingerprint density at radius 2 is 1.79 bits per heavy atom. The summed E-state index contributed by atoms with van der Waals surface area (Å²) in [5.74, 6) is -0.464. The molecule has 0 aliphatic carbocycles. The largest absolute Gasteiger partial charge is 0.456 e. The van der Waals surface area contributed by atoms with Crippen LogP contribution in [0.15, 0.2) is 40.9 Å². The van der Waals surface area contributed by atoms with Crippen molar-refractivity contribution in [3.63, 3.8) is 0 Å². The first-order chi connectivity index (χ1) is 8.97. The zero-order valence-electron chi connectivity index (χ0n) is 9.54. The predicted octanol–water partition coefficient (Wildman–Crippen LogP) is 4.90. The molecule has 2 aromatic rings. The van der Waals surface area contributed by atoms with Crippen LogP contribution in [0.5, 0.6) is 11.5 Å². The first-order valence-electron chi connectivity index (χ1n) is 5.28. The van der Waals surface area contributed by atoms with Crippen LogP contribution in [0.1, 0.15) is 12.0 Å². The van der Waals surface area contributed by atoms with Gasteiger partial charge in [-0.15, -0.1) is 0 Å². The van der Waals surface area contributed by atoms with Gasteiger partial charge in [0.25, 0.3) is 6.43 Å². The average Bonchev–Trinajstić information content (AvgIpc) is 2.35. The van der Waals surface area contributed by atoms with Gasteiger partial charge in [0, 0.05) is 11.8 Å². The second kappa shape index (κ2) is 5.52. The molecule has 0 saturated carbocycles. The van der Waals surface area contributed by atoms with Crippen LogP contribution in [-0.4, -0.2) is 0 Å². The Hall–Kier alpha value is -1.69. The highest BCUT2D eigenvalue weighted by Crippen LogP contribution is 2.36. The molecule has 0 atom stereocenters. The van der Waals surface area contributed by atoms with Crippen LogP contribution >= 0.6 is 15.9 Å². The fourth-order valence-electron chi connectivity index (χ4n) is 1.50. The standard InChI is InChI=1S/C13H9BrF3NO/c14-10-3-1-7(15)5-12(10)19-11-4-2-8(18)6-9(11)13(16)17/h1-6,13H,18H2. The zero-order valence-corrected chi connectivity index (χ0v) is 11.1. The van der Waals surface area contributed by atoms with E-state index in [9.17, 15) is 13.2 Å². The predicted molar refractivity (Wildman–Crippen MR) is 70.0 cm³/mol. The number of nitrogens with two attached hydrogens (primary N) is 1. The summed E-state index contributed by atoms with van der Waals surface area (Å²) in [5, 5.41) is 0. The number of hydrogen-bond acceptors (Lipinski definition) is 2. The smallest absolute Gasteiger partial charge is 0.267 e. The Kier molecular flexibility index (Phi) is 3.99. The minimum atomic E-state index is -2.73. The van der Waals surface area contributed by atoms with Crippen molar-refractivity contribution < 1.29 is 17.9 Å².